The molecule has 0 aliphatic rings. The summed E-state index contributed by atoms with van der Waals surface area (Å²) in [5, 5.41) is 17.1. The lowest BCUT2D eigenvalue weighted by molar-refractivity contribution is -0.793. The molecular weight excluding hydrogens is 228 g/mol. The number of benzene rings is 1. The first-order valence-corrected chi connectivity index (χ1v) is 4.88. The number of hydrogen-bond donors (Lipinski definition) is 0. The molecule has 1 aromatic carbocycles. The zero-order chi connectivity index (χ0) is 11.5. The molecule has 2 rings (SSSR count). The van der Waals surface area contributed by atoms with Gasteiger partial charge in [0, 0.05) is 16.9 Å². The van der Waals surface area contributed by atoms with E-state index < -0.39 is 0 Å². The quantitative estimate of drug-likeness (QED) is 0.559. The Morgan fingerprint density at radius 2 is 2.06 bits per heavy atom. The van der Waals surface area contributed by atoms with Crippen LogP contribution >= 0.6 is 11.6 Å². The number of halogens is 1. The van der Waals surface area contributed by atoms with Crippen LogP contribution in [0.15, 0.2) is 28.9 Å². The second kappa shape index (κ2) is 4.25. The van der Waals surface area contributed by atoms with Gasteiger partial charge in [-0.2, -0.15) is 0 Å². The molecule has 0 spiro atoms. The van der Waals surface area contributed by atoms with Gasteiger partial charge in [0.25, 0.3) is 5.69 Å². The fourth-order valence-corrected chi connectivity index (χ4v) is 1.42. The number of rotatable bonds is 1. The molecule has 5 heteroatoms. The van der Waals surface area contributed by atoms with Crippen molar-refractivity contribution in [2.75, 3.05) is 0 Å². The van der Waals surface area contributed by atoms with Crippen LogP contribution in [0.25, 0.3) is 11.3 Å². The van der Waals surface area contributed by atoms with Crippen LogP contribution < -0.4 is 4.90 Å². The minimum absolute atomic E-state index is 0.230. The van der Waals surface area contributed by atoms with Crippen molar-refractivity contribution in [1.29, 1.82) is 0 Å². The van der Waals surface area contributed by atoms with Gasteiger partial charge in [-0.1, -0.05) is 29.8 Å². The largest absolute Gasteiger partial charge is 0.359 e. The summed E-state index contributed by atoms with van der Waals surface area (Å²) in [7, 11) is 0. The lowest BCUT2D eigenvalue weighted by atomic mass is 10.1. The summed E-state index contributed by atoms with van der Waals surface area (Å²) in [5.41, 5.74) is 2.29. The van der Waals surface area contributed by atoms with Gasteiger partial charge in [0.15, 0.2) is 0 Å². The van der Waals surface area contributed by atoms with Crippen molar-refractivity contribution in [2.45, 2.75) is 6.92 Å². The topological polar surface area (TPSA) is 53.0 Å². The van der Waals surface area contributed by atoms with Crippen LogP contribution in [0.3, 0.4) is 0 Å². The third kappa shape index (κ3) is 1.86. The number of aryl methyl sites for hydroxylation is 1. The molecule has 0 amide bonds. The van der Waals surface area contributed by atoms with Crippen LogP contribution in [0.5, 0.6) is 0 Å². The monoisotopic (exact) mass is 234 g/mol. The lowest BCUT2D eigenvalue weighted by Crippen LogP contribution is -2.25. The Morgan fingerprint density at radius 3 is 2.69 bits per heavy atom. The zero-order valence-electron chi connectivity index (χ0n) is 8.40. The molecule has 0 radical (unpaired) electrons. The van der Waals surface area contributed by atoms with E-state index in [0.717, 1.165) is 5.56 Å². The SMILES string of the molecule is Cc1ccc(-c2c(C#CCl)no[n+]2[O-])cc1. The van der Waals surface area contributed by atoms with Crippen molar-refractivity contribution in [3.05, 3.63) is 40.7 Å². The molecule has 0 unspecified atom stereocenters. The molecule has 0 aliphatic heterocycles. The van der Waals surface area contributed by atoms with Gasteiger partial charge in [-0.25, -0.2) is 0 Å². The lowest BCUT2D eigenvalue weighted by Gasteiger charge is -1.97. The maximum atomic E-state index is 11.4. The molecule has 0 saturated carbocycles. The van der Waals surface area contributed by atoms with E-state index in [2.05, 4.69) is 21.1 Å². The maximum absolute atomic E-state index is 11.4. The molecule has 0 bridgehead atoms. The van der Waals surface area contributed by atoms with Gasteiger partial charge >= 0.3 is 0 Å². The highest BCUT2D eigenvalue weighted by Crippen LogP contribution is 2.18. The molecule has 16 heavy (non-hydrogen) atoms. The number of aromatic nitrogens is 2. The molecule has 0 fully saturated rings. The van der Waals surface area contributed by atoms with E-state index in [1.807, 2.05) is 19.1 Å². The predicted molar refractivity (Wildman–Crippen MR) is 58.4 cm³/mol. The minimum Gasteiger partial charge on any atom is -0.359 e. The van der Waals surface area contributed by atoms with E-state index in [4.69, 9.17) is 11.6 Å². The van der Waals surface area contributed by atoms with E-state index in [1.54, 1.807) is 12.1 Å². The predicted octanol–water partition coefficient (Wildman–Crippen LogP) is 1.83. The average molecular weight is 235 g/mol. The zero-order valence-corrected chi connectivity index (χ0v) is 9.15. The number of hydrogen-bond acceptors (Lipinski definition) is 3. The summed E-state index contributed by atoms with van der Waals surface area (Å²) in [6, 6.07) is 7.38. The molecule has 4 nitrogen and oxygen atoms in total. The number of nitrogens with zero attached hydrogens (tertiary/aromatic N) is 2. The van der Waals surface area contributed by atoms with Gasteiger partial charge in [0.05, 0.1) is 5.16 Å². The standard InChI is InChI=1S/C11H7ClN2O2/c1-8-2-4-9(5-3-8)11-10(6-7-12)13-16-14(11)15/h2-5H,1H3. The molecule has 0 N–H and O–H groups in total. The highest BCUT2D eigenvalue weighted by molar-refractivity contribution is 6.30. The summed E-state index contributed by atoms with van der Waals surface area (Å²) in [5.74, 6) is 2.50. The molecule has 1 heterocycles. The Kier molecular flexibility index (Phi) is 2.80. The van der Waals surface area contributed by atoms with Crippen molar-refractivity contribution in [3.8, 4) is 22.6 Å². The van der Waals surface area contributed by atoms with Crippen LogP contribution in [-0.2, 0) is 0 Å². The second-order valence-corrected chi connectivity index (χ2v) is 3.40. The summed E-state index contributed by atoms with van der Waals surface area (Å²) < 4.78 is 4.48. The first-order valence-electron chi connectivity index (χ1n) is 4.51. The fourth-order valence-electron chi connectivity index (χ4n) is 1.33. The summed E-state index contributed by atoms with van der Waals surface area (Å²) in [6.07, 6.45) is 0. The molecule has 0 aliphatic carbocycles. The van der Waals surface area contributed by atoms with E-state index >= 15 is 0 Å². The minimum atomic E-state index is 0.230. The van der Waals surface area contributed by atoms with E-state index in [0.29, 0.717) is 10.5 Å². The van der Waals surface area contributed by atoms with E-state index in [9.17, 15) is 5.21 Å². The molecule has 0 atom stereocenters. The maximum Gasteiger partial charge on any atom is 0.300 e. The van der Waals surface area contributed by atoms with Crippen LogP contribution in [0.4, 0.5) is 0 Å². The van der Waals surface area contributed by atoms with Gasteiger partial charge in [0.1, 0.15) is 0 Å². The average Bonchev–Trinajstić information content (AvgIpc) is 2.62. The summed E-state index contributed by atoms with van der Waals surface area (Å²) >= 11 is 5.28. The summed E-state index contributed by atoms with van der Waals surface area (Å²) in [6.45, 7) is 1.96. The van der Waals surface area contributed by atoms with Crippen LogP contribution in [0.1, 0.15) is 11.3 Å². The van der Waals surface area contributed by atoms with Crippen molar-refractivity contribution < 1.29 is 9.53 Å². The normalized spacial score (nSPS) is 9.62. The molecule has 0 saturated heterocycles. The van der Waals surface area contributed by atoms with Crippen LogP contribution in [-0.4, -0.2) is 5.16 Å². The molecule has 1 aromatic heterocycles. The molecule has 2 aromatic rings. The van der Waals surface area contributed by atoms with Gasteiger partial charge in [-0.05, 0) is 23.4 Å². The van der Waals surface area contributed by atoms with Crippen molar-refractivity contribution >= 4 is 11.6 Å². The Morgan fingerprint density at radius 1 is 1.38 bits per heavy atom. The fraction of sp³-hybridized carbons (Fsp3) is 0.0909. The highest BCUT2D eigenvalue weighted by Gasteiger charge is 2.18. The van der Waals surface area contributed by atoms with Crippen molar-refractivity contribution in [2.24, 2.45) is 0 Å². The van der Waals surface area contributed by atoms with Gasteiger partial charge in [-0.3, -0.25) is 4.63 Å². The Hall–Kier alpha value is -1.99. The van der Waals surface area contributed by atoms with Crippen LogP contribution in [0, 0.1) is 23.4 Å². The molecular formula is C11H7ClN2O2. The van der Waals surface area contributed by atoms with Gasteiger partial charge in [0.2, 0.25) is 5.69 Å². The first-order chi connectivity index (χ1) is 7.72. The van der Waals surface area contributed by atoms with E-state index in [1.165, 1.54) is 0 Å². The smallest absolute Gasteiger partial charge is 0.300 e. The second-order valence-electron chi connectivity index (χ2n) is 3.21. The summed E-state index contributed by atoms with van der Waals surface area (Å²) in [4.78, 5) is 0.321. The van der Waals surface area contributed by atoms with Gasteiger partial charge in [-0.15, -0.1) is 0 Å². The Bertz CT molecular complexity index is 564. The third-order valence-corrected chi connectivity index (χ3v) is 2.20. The molecule has 80 valence electrons. The Balaban J connectivity index is 2.57. The third-order valence-electron chi connectivity index (χ3n) is 2.10. The Labute approximate surface area is 97.0 Å². The van der Waals surface area contributed by atoms with Crippen LogP contribution in [0.2, 0.25) is 0 Å². The van der Waals surface area contributed by atoms with Crippen molar-refractivity contribution in [1.82, 2.24) is 5.16 Å². The van der Waals surface area contributed by atoms with E-state index in [-0.39, 0.29) is 11.4 Å². The van der Waals surface area contributed by atoms with Crippen molar-refractivity contribution in [3.63, 3.8) is 0 Å². The van der Waals surface area contributed by atoms with Gasteiger partial charge < -0.3 is 5.21 Å². The highest BCUT2D eigenvalue weighted by atomic mass is 35.5. The first kappa shape index (κ1) is 10.5.